The summed E-state index contributed by atoms with van der Waals surface area (Å²) in [6, 6.07) is 11.2. The van der Waals surface area contributed by atoms with Gasteiger partial charge >= 0.3 is 0 Å². The number of hydrogen-bond acceptors (Lipinski definition) is 4. The van der Waals surface area contributed by atoms with E-state index in [0.29, 0.717) is 18.1 Å². The maximum absolute atomic E-state index is 12.6. The van der Waals surface area contributed by atoms with E-state index in [-0.39, 0.29) is 24.6 Å². The highest BCUT2D eigenvalue weighted by Crippen LogP contribution is 2.22. The topological polar surface area (TPSA) is 54.7 Å². The first-order valence-electron chi connectivity index (χ1n) is 9.02. The van der Waals surface area contributed by atoms with Gasteiger partial charge in [-0.2, -0.15) is 0 Å². The van der Waals surface area contributed by atoms with E-state index in [1.54, 1.807) is 6.26 Å². The van der Waals surface area contributed by atoms with Crippen molar-refractivity contribution in [1.29, 1.82) is 0 Å². The molecule has 2 heterocycles. The van der Waals surface area contributed by atoms with E-state index in [9.17, 15) is 4.79 Å². The van der Waals surface area contributed by atoms with Gasteiger partial charge in [-0.3, -0.25) is 9.69 Å². The van der Waals surface area contributed by atoms with Gasteiger partial charge in [0.25, 0.3) is 0 Å². The van der Waals surface area contributed by atoms with Crippen LogP contribution in [0.1, 0.15) is 37.1 Å². The lowest BCUT2D eigenvalue weighted by Crippen LogP contribution is -2.41. The van der Waals surface area contributed by atoms with Crippen LogP contribution in [0.4, 0.5) is 0 Å². The van der Waals surface area contributed by atoms with Crippen molar-refractivity contribution in [2.45, 2.75) is 38.5 Å². The molecule has 1 amide bonds. The van der Waals surface area contributed by atoms with Gasteiger partial charge in [-0.25, -0.2) is 0 Å². The molecule has 1 aromatic heterocycles. The molecular formula is C20H25ClN2O3. The Kier molecular flexibility index (Phi) is 6.72. The molecule has 2 unspecified atom stereocenters. The Balaban J connectivity index is 1.59. The molecule has 1 aliphatic rings. The number of benzene rings is 1. The first-order valence-corrected chi connectivity index (χ1v) is 9.39. The van der Waals surface area contributed by atoms with Crippen molar-refractivity contribution in [3.05, 3.63) is 59.0 Å². The number of rotatable bonds is 8. The van der Waals surface area contributed by atoms with Crippen LogP contribution in [0.3, 0.4) is 0 Å². The van der Waals surface area contributed by atoms with Crippen molar-refractivity contribution >= 4 is 17.5 Å². The highest BCUT2D eigenvalue weighted by atomic mass is 35.5. The van der Waals surface area contributed by atoms with E-state index >= 15 is 0 Å². The Bertz CT molecular complexity index is 699. The first kappa shape index (κ1) is 19.0. The standard InChI is InChI=1S/C20H25ClN2O3/c1-15(18-8-2-3-9-19(18)21)22-20(24)14-23(12-16-6-4-10-25-16)13-17-7-5-11-26-17/h2-4,6,8-10,15,17H,5,7,11-14H2,1H3,(H,22,24). The molecule has 1 N–H and O–H groups in total. The molecule has 0 radical (unpaired) electrons. The number of furan rings is 1. The zero-order valence-electron chi connectivity index (χ0n) is 15.0. The fourth-order valence-corrected chi connectivity index (χ4v) is 3.58. The molecule has 0 spiro atoms. The zero-order valence-corrected chi connectivity index (χ0v) is 15.7. The van der Waals surface area contributed by atoms with Crippen LogP contribution in [0.2, 0.25) is 5.02 Å². The van der Waals surface area contributed by atoms with Gasteiger partial charge in [0.15, 0.2) is 0 Å². The minimum atomic E-state index is -0.149. The van der Waals surface area contributed by atoms with Crippen LogP contribution in [-0.2, 0) is 16.1 Å². The molecule has 0 saturated carbocycles. The number of hydrogen-bond donors (Lipinski definition) is 1. The molecule has 1 saturated heterocycles. The molecule has 0 aliphatic carbocycles. The van der Waals surface area contributed by atoms with Gasteiger partial charge in [0, 0.05) is 18.2 Å². The molecule has 6 heteroatoms. The molecular weight excluding hydrogens is 352 g/mol. The average molecular weight is 377 g/mol. The summed E-state index contributed by atoms with van der Waals surface area (Å²) in [5.74, 6) is 0.803. The molecule has 140 valence electrons. The van der Waals surface area contributed by atoms with E-state index in [4.69, 9.17) is 20.8 Å². The number of amides is 1. The monoisotopic (exact) mass is 376 g/mol. The molecule has 2 aromatic rings. The quantitative estimate of drug-likeness (QED) is 0.761. The number of carbonyl (C=O) groups is 1. The Morgan fingerprint density at radius 1 is 1.35 bits per heavy atom. The van der Waals surface area contributed by atoms with Crippen LogP contribution in [0.15, 0.2) is 47.1 Å². The van der Waals surface area contributed by atoms with Gasteiger partial charge < -0.3 is 14.5 Å². The fourth-order valence-electron chi connectivity index (χ4n) is 3.28. The van der Waals surface area contributed by atoms with E-state index in [1.807, 2.05) is 43.3 Å². The van der Waals surface area contributed by atoms with E-state index in [1.165, 1.54) is 0 Å². The SMILES string of the molecule is CC(NC(=O)CN(Cc1ccco1)CC1CCCO1)c1ccccc1Cl. The largest absolute Gasteiger partial charge is 0.468 e. The molecule has 2 atom stereocenters. The second-order valence-electron chi connectivity index (χ2n) is 6.69. The van der Waals surface area contributed by atoms with Gasteiger partial charge in [-0.15, -0.1) is 0 Å². The van der Waals surface area contributed by atoms with Crippen LogP contribution in [0.5, 0.6) is 0 Å². The van der Waals surface area contributed by atoms with Gasteiger partial charge in [0.2, 0.25) is 5.91 Å². The summed E-state index contributed by atoms with van der Waals surface area (Å²) >= 11 is 6.23. The third-order valence-corrected chi connectivity index (χ3v) is 4.91. The molecule has 1 aliphatic heterocycles. The van der Waals surface area contributed by atoms with Crippen LogP contribution >= 0.6 is 11.6 Å². The van der Waals surface area contributed by atoms with E-state index in [0.717, 1.165) is 30.8 Å². The van der Waals surface area contributed by atoms with Crippen LogP contribution < -0.4 is 5.32 Å². The van der Waals surface area contributed by atoms with Crippen molar-refractivity contribution in [2.24, 2.45) is 0 Å². The molecule has 26 heavy (non-hydrogen) atoms. The van der Waals surface area contributed by atoms with Crippen LogP contribution in [0, 0.1) is 0 Å². The minimum Gasteiger partial charge on any atom is -0.468 e. The lowest BCUT2D eigenvalue weighted by atomic mass is 10.1. The Hall–Kier alpha value is -1.82. The number of nitrogens with zero attached hydrogens (tertiary/aromatic N) is 1. The van der Waals surface area contributed by atoms with Crippen molar-refractivity contribution < 1.29 is 13.9 Å². The van der Waals surface area contributed by atoms with Gasteiger partial charge in [-0.1, -0.05) is 29.8 Å². The third kappa shape index (κ3) is 5.34. The highest BCUT2D eigenvalue weighted by molar-refractivity contribution is 6.31. The molecule has 0 bridgehead atoms. The second-order valence-corrected chi connectivity index (χ2v) is 7.10. The number of nitrogens with one attached hydrogen (secondary N) is 1. The normalized spacial score (nSPS) is 18.2. The van der Waals surface area contributed by atoms with E-state index < -0.39 is 0 Å². The average Bonchev–Trinajstić information content (AvgIpc) is 3.29. The lowest BCUT2D eigenvalue weighted by Gasteiger charge is -2.25. The van der Waals surface area contributed by atoms with Gasteiger partial charge in [0.1, 0.15) is 5.76 Å². The predicted molar refractivity (Wildman–Crippen MR) is 101 cm³/mol. The Morgan fingerprint density at radius 2 is 2.19 bits per heavy atom. The summed E-state index contributed by atoms with van der Waals surface area (Å²) in [5.41, 5.74) is 0.916. The molecule has 1 fully saturated rings. The van der Waals surface area contributed by atoms with Crippen LogP contribution in [-0.4, -0.2) is 36.6 Å². The number of ether oxygens (including phenoxy) is 1. The maximum Gasteiger partial charge on any atom is 0.234 e. The Labute approximate surface area is 159 Å². The van der Waals surface area contributed by atoms with Crippen molar-refractivity contribution in [2.75, 3.05) is 19.7 Å². The third-order valence-electron chi connectivity index (χ3n) is 4.56. The molecule has 1 aromatic carbocycles. The number of carbonyl (C=O) groups excluding carboxylic acids is 1. The Morgan fingerprint density at radius 3 is 2.88 bits per heavy atom. The van der Waals surface area contributed by atoms with E-state index in [2.05, 4.69) is 10.2 Å². The predicted octanol–water partition coefficient (Wildman–Crippen LogP) is 3.79. The smallest absolute Gasteiger partial charge is 0.234 e. The summed E-state index contributed by atoms with van der Waals surface area (Å²) in [4.78, 5) is 14.7. The summed E-state index contributed by atoms with van der Waals surface area (Å²) in [6.45, 7) is 4.33. The summed E-state index contributed by atoms with van der Waals surface area (Å²) in [6.07, 6.45) is 3.94. The van der Waals surface area contributed by atoms with Crippen molar-refractivity contribution in [1.82, 2.24) is 10.2 Å². The molecule has 5 nitrogen and oxygen atoms in total. The summed E-state index contributed by atoms with van der Waals surface area (Å²) in [7, 11) is 0. The minimum absolute atomic E-state index is 0.0398. The summed E-state index contributed by atoms with van der Waals surface area (Å²) in [5, 5.41) is 3.69. The fraction of sp³-hybridized carbons (Fsp3) is 0.450. The van der Waals surface area contributed by atoms with Gasteiger partial charge in [0.05, 0.1) is 31.5 Å². The maximum atomic E-state index is 12.6. The van der Waals surface area contributed by atoms with Crippen molar-refractivity contribution in [3.63, 3.8) is 0 Å². The zero-order chi connectivity index (χ0) is 18.4. The number of halogens is 1. The summed E-state index contributed by atoms with van der Waals surface area (Å²) < 4.78 is 11.2. The molecule has 3 rings (SSSR count). The second kappa shape index (κ2) is 9.21. The highest BCUT2D eigenvalue weighted by Gasteiger charge is 2.22. The lowest BCUT2D eigenvalue weighted by molar-refractivity contribution is -0.123. The first-order chi connectivity index (χ1) is 12.6. The van der Waals surface area contributed by atoms with Crippen molar-refractivity contribution in [3.8, 4) is 0 Å². The van der Waals surface area contributed by atoms with Gasteiger partial charge in [-0.05, 0) is 43.5 Å². The van der Waals surface area contributed by atoms with Crippen LogP contribution in [0.25, 0.3) is 0 Å².